The first-order valence-electron chi connectivity index (χ1n) is 11.8. The van der Waals surface area contributed by atoms with Crippen LogP contribution in [-0.4, -0.2) is 43.1 Å². The van der Waals surface area contributed by atoms with Crippen molar-refractivity contribution in [2.24, 2.45) is 11.7 Å². The third-order valence-electron chi connectivity index (χ3n) is 6.48. The van der Waals surface area contributed by atoms with Gasteiger partial charge < -0.3 is 20.7 Å². The molecular weight excluding hydrogens is 432 g/mol. The summed E-state index contributed by atoms with van der Waals surface area (Å²) in [5.41, 5.74) is 8.92. The molecule has 1 saturated heterocycles. The summed E-state index contributed by atoms with van der Waals surface area (Å²) < 4.78 is 5.39. The van der Waals surface area contributed by atoms with Crippen molar-refractivity contribution in [1.82, 2.24) is 5.32 Å². The summed E-state index contributed by atoms with van der Waals surface area (Å²) in [6.45, 7) is 5.86. The van der Waals surface area contributed by atoms with Crippen LogP contribution in [0.4, 0.5) is 16.2 Å². The maximum Gasteiger partial charge on any atom is 0.414 e. The Hall–Kier alpha value is -3.55. The molecule has 1 unspecified atom stereocenters. The van der Waals surface area contributed by atoms with Crippen molar-refractivity contribution in [2.75, 3.05) is 22.9 Å². The van der Waals surface area contributed by atoms with Crippen LogP contribution < -0.4 is 20.9 Å². The van der Waals surface area contributed by atoms with Crippen molar-refractivity contribution in [2.45, 2.75) is 51.8 Å². The van der Waals surface area contributed by atoms with Crippen LogP contribution in [0, 0.1) is 5.92 Å². The van der Waals surface area contributed by atoms with E-state index in [1.807, 2.05) is 50.2 Å². The Kier molecular flexibility index (Phi) is 7.05. The maximum atomic E-state index is 12.6. The van der Waals surface area contributed by atoms with Gasteiger partial charge in [0, 0.05) is 35.9 Å². The van der Waals surface area contributed by atoms with Gasteiger partial charge in [-0.25, -0.2) is 4.79 Å². The number of para-hydroxylation sites is 1. The number of cyclic esters (lactones) is 1. The molecule has 0 aliphatic carbocycles. The molecule has 34 heavy (non-hydrogen) atoms. The van der Waals surface area contributed by atoms with E-state index in [-0.39, 0.29) is 24.0 Å². The highest BCUT2D eigenvalue weighted by Gasteiger charge is 2.34. The maximum absolute atomic E-state index is 12.6. The molecule has 2 aliphatic rings. The number of anilines is 2. The van der Waals surface area contributed by atoms with E-state index in [0.29, 0.717) is 18.6 Å². The van der Waals surface area contributed by atoms with Gasteiger partial charge in [0.2, 0.25) is 5.91 Å². The van der Waals surface area contributed by atoms with Crippen LogP contribution in [0.5, 0.6) is 0 Å². The summed E-state index contributed by atoms with van der Waals surface area (Å²) >= 11 is 0. The zero-order chi connectivity index (χ0) is 24.2. The molecule has 2 aromatic carbocycles. The molecule has 2 heterocycles. The standard InChI is InChI=1S/C26H32N4O4/c1-17(2)15-22(24(27)31)28-25(32)18-7-9-20(10-8-18)29-13-11-21(12-14-29)30-23-6-4-3-5-19(23)16-34-26(30)33/h3-10,17,21-22H,11-16H2,1-2H3,(H2,27,31)(H,28,32). The Labute approximate surface area is 200 Å². The predicted octanol–water partition coefficient (Wildman–Crippen LogP) is 3.44. The number of carbonyl (C=O) groups excluding carboxylic acids is 3. The number of fused-ring (bicyclic) bond motifs is 1. The van der Waals surface area contributed by atoms with Gasteiger partial charge in [0.25, 0.3) is 5.91 Å². The Bertz CT molecular complexity index is 1050. The first-order chi connectivity index (χ1) is 16.3. The number of nitrogens with zero attached hydrogens (tertiary/aromatic N) is 2. The molecule has 2 aliphatic heterocycles. The molecule has 3 N–H and O–H groups in total. The van der Waals surface area contributed by atoms with E-state index in [1.165, 1.54) is 0 Å². The zero-order valence-electron chi connectivity index (χ0n) is 19.7. The summed E-state index contributed by atoms with van der Waals surface area (Å²) in [5.74, 6) is -0.595. The molecule has 0 bridgehead atoms. The quantitative estimate of drug-likeness (QED) is 0.653. The molecule has 4 rings (SSSR count). The van der Waals surface area contributed by atoms with Crippen molar-refractivity contribution < 1.29 is 19.1 Å². The minimum Gasteiger partial charge on any atom is -0.444 e. The SMILES string of the molecule is CC(C)CC(NC(=O)c1ccc(N2CCC(N3C(=O)OCc4ccccc43)CC2)cc1)C(N)=O. The predicted molar refractivity (Wildman–Crippen MR) is 131 cm³/mol. The summed E-state index contributed by atoms with van der Waals surface area (Å²) in [7, 11) is 0. The molecule has 3 amide bonds. The van der Waals surface area contributed by atoms with Crippen LogP contribution >= 0.6 is 0 Å². The van der Waals surface area contributed by atoms with E-state index in [1.54, 1.807) is 17.0 Å². The fourth-order valence-corrected chi connectivity index (χ4v) is 4.69. The highest BCUT2D eigenvalue weighted by atomic mass is 16.6. The van der Waals surface area contributed by atoms with Gasteiger partial charge in [0.1, 0.15) is 12.6 Å². The molecule has 180 valence electrons. The lowest BCUT2D eigenvalue weighted by Crippen LogP contribution is -2.49. The van der Waals surface area contributed by atoms with Gasteiger partial charge in [-0.3, -0.25) is 14.5 Å². The van der Waals surface area contributed by atoms with E-state index < -0.39 is 11.9 Å². The summed E-state index contributed by atoms with van der Waals surface area (Å²) in [5, 5.41) is 2.74. The van der Waals surface area contributed by atoms with Gasteiger partial charge in [0.05, 0.1) is 5.69 Å². The van der Waals surface area contributed by atoms with Crippen molar-refractivity contribution in [3.8, 4) is 0 Å². The minimum absolute atomic E-state index is 0.0851. The number of amides is 3. The lowest BCUT2D eigenvalue weighted by atomic mass is 10.00. The number of primary amides is 1. The molecule has 8 nitrogen and oxygen atoms in total. The van der Waals surface area contributed by atoms with Gasteiger partial charge >= 0.3 is 6.09 Å². The van der Waals surface area contributed by atoms with Gasteiger partial charge in [0.15, 0.2) is 0 Å². The van der Waals surface area contributed by atoms with E-state index in [9.17, 15) is 14.4 Å². The molecule has 0 spiro atoms. The largest absolute Gasteiger partial charge is 0.444 e. The van der Waals surface area contributed by atoms with Crippen molar-refractivity contribution in [1.29, 1.82) is 0 Å². The summed E-state index contributed by atoms with van der Waals surface area (Å²) in [6, 6.07) is 14.7. The average Bonchev–Trinajstić information content (AvgIpc) is 2.83. The van der Waals surface area contributed by atoms with Crippen molar-refractivity contribution in [3.63, 3.8) is 0 Å². The number of rotatable bonds is 7. The Balaban J connectivity index is 1.37. The van der Waals surface area contributed by atoms with Gasteiger partial charge in [-0.15, -0.1) is 0 Å². The monoisotopic (exact) mass is 464 g/mol. The first kappa shape index (κ1) is 23.6. The molecule has 8 heteroatoms. The minimum atomic E-state index is -0.683. The number of hydrogen-bond acceptors (Lipinski definition) is 5. The Morgan fingerprint density at radius 2 is 1.76 bits per heavy atom. The third kappa shape index (κ3) is 5.16. The van der Waals surface area contributed by atoms with Crippen LogP contribution in [0.2, 0.25) is 0 Å². The van der Waals surface area contributed by atoms with Crippen LogP contribution in [0.25, 0.3) is 0 Å². The second kappa shape index (κ2) is 10.2. The number of benzene rings is 2. The van der Waals surface area contributed by atoms with Crippen molar-refractivity contribution in [3.05, 3.63) is 59.7 Å². The fourth-order valence-electron chi connectivity index (χ4n) is 4.69. The topological polar surface area (TPSA) is 105 Å². The van der Waals surface area contributed by atoms with Crippen LogP contribution in [0.1, 0.15) is 49.0 Å². The molecule has 1 fully saturated rings. The Morgan fingerprint density at radius 1 is 1.09 bits per heavy atom. The summed E-state index contributed by atoms with van der Waals surface area (Å²) in [6.07, 6.45) is 1.87. The number of carbonyl (C=O) groups is 3. The van der Waals surface area contributed by atoms with E-state index in [0.717, 1.165) is 42.9 Å². The normalized spacial score (nSPS) is 17.2. The van der Waals surface area contributed by atoms with Gasteiger partial charge in [-0.2, -0.15) is 0 Å². The van der Waals surface area contributed by atoms with E-state index >= 15 is 0 Å². The number of nitrogens with two attached hydrogens (primary N) is 1. The van der Waals surface area contributed by atoms with E-state index in [2.05, 4.69) is 10.2 Å². The number of hydrogen-bond donors (Lipinski definition) is 2. The van der Waals surface area contributed by atoms with Gasteiger partial charge in [-0.05, 0) is 55.5 Å². The molecule has 0 saturated carbocycles. The third-order valence-corrected chi connectivity index (χ3v) is 6.48. The van der Waals surface area contributed by atoms with Crippen molar-refractivity contribution >= 4 is 29.3 Å². The molecule has 0 radical (unpaired) electrons. The smallest absolute Gasteiger partial charge is 0.414 e. The number of ether oxygens (including phenoxy) is 1. The lowest BCUT2D eigenvalue weighted by Gasteiger charge is -2.41. The average molecular weight is 465 g/mol. The Morgan fingerprint density at radius 3 is 2.41 bits per heavy atom. The number of nitrogens with one attached hydrogen (secondary N) is 1. The molecular formula is C26H32N4O4. The molecule has 1 atom stereocenters. The van der Waals surface area contributed by atoms with Crippen LogP contribution in [0.3, 0.4) is 0 Å². The molecule has 0 aromatic heterocycles. The lowest BCUT2D eigenvalue weighted by molar-refractivity contribution is -0.120. The highest BCUT2D eigenvalue weighted by Crippen LogP contribution is 2.32. The highest BCUT2D eigenvalue weighted by molar-refractivity contribution is 5.97. The van der Waals surface area contributed by atoms with E-state index in [4.69, 9.17) is 10.5 Å². The van der Waals surface area contributed by atoms with Crippen LogP contribution in [-0.2, 0) is 16.1 Å². The zero-order valence-corrected chi connectivity index (χ0v) is 19.7. The van der Waals surface area contributed by atoms with Gasteiger partial charge in [-0.1, -0.05) is 32.0 Å². The number of piperidine rings is 1. The second-order valence-electron chi connectivity index (χ2n) is 9.38. The summed E-state index contributed by atoms with van der Waals surface area (Å²) in [4.78, 5) is 40.8. The first-order valence-corrected chi connectivity index (χ1v) is 11.8. The van der Waals surface area contributed by atoms with Crippen LogP contribution in [0.15, 0.2) is 48.5 Å². The second-order valence-corrected chi connectivity index (χ2v) is 9.38. The fraction of sp³-hybridized carbons (Fsp3) is 0.423. The molecule has 2 aromatic rings.